The van der Waals surface area contributed by atoms with E-state index in [0.29, 0.717) is 18.6 Å². The van der Waals surface area contributed by atoms with Crippen LogP contribution in [0.5, 0.6) is 5.75 Å². The van der Waals surface area contributed by atoms with E-state index in [-0.39, 0.29) is 11.2 Å². The monoisotopic (exact) mass is 326 g/mol. The SMILES string of the molecule is CCOc1ccc(C(=O)CC2NN=C(c3ccccc3)S2)cc1. The Morgan fingerprint density at radius 3 is 2.61 bits per heavy atom. The Labute approximate surface area is 139 Å². The molecule has 0 fully saturated rings. The lowest BCUT2D eigenvalue weighted by atomic mass is 10.1. The van der Waals surface area contributed by atoms with Crippen molar-refractivity contribution < 1.29 is 9.53 Å². The topological polar surface area (TPSA) is 50.7 Å². The Bertz CT molecular complexity index is 699. The molecule has 0 amide bonds. The van der Waals surface area contributed by atoms with Crippen molar-refractivity contribution in [2.24, 2.45) is 5.10 Å². The molecular weight excluding hydrogens is 308 g/mol. The number of hydrogen-bond acceptors (Lipinski definition) is 5. The maximum Gasteiger partial charge on any atom is 0.165 e. The van der Waals surface area contributed by atoms with Crippen LogP contribution in [0.3, 0.4) is 0 Å². The molecule has 0 spiro atoms. The molecule has 118 valence electrons. The van der Waals surface area contributed by atoms with Crippen molar-refractivity contribution in [3.63, 3.8) is 0 Å². The quantitative estimate of drug-likeness (QED) is 0.823. The van der Waals surface area contributed by atoms with Crippen molar-refractivity contribution in [2.45, 2.75) is 18.7 Å². The van der Waals surface area contributed by atoms with Crippen LogP contribution < -0.4 is 10.2 Å². The van der Waals surface area contributed by atoms with Gasteiger partial charge in [0.25, 0.3) is 0 Å². The summed E-state index contributed by atoms with van der Waals surface area (Å²) in [4.78, 5) is 12.4. The van der Waals surface area contributed by atoms with Crippen LogP contribution in [0.25, 0.3) is 0 Å². The zero-order chi connectivity index (χ0) is 16.1. The fourth-order valence-electron chi connectivity index (χ4n) is 2.31. The second kappa shape index (κ2) is 7.33. The first kappa shape index (κ1) is 15.6. The molecule has 1 N–H and O–H groups in total. The number of hydrazone groups is 1. The largest absolute Gasteiger partial charge is 0.494 e. The predicted octanol–water partition coefficient (Wildman–Crippen LogP) is 3.68. The lowest BCUT2D eigenvalue weighted by molar-refractivity contribution is 0.0979. The number of nitrogens with one attached hydrogen (secondary N) is 1. The Balaban J connectivity index is 1.57. The summed E-state index contributed by atoms with van der Waals surface area (Å²) in [5, 5.41) is 5.23. The molecule has 5 heteroatoms. The van der Waals surface area contributed by atoms with Gasteiger partial charge in [0.15, 0.2) is 5.78 Å². The van der Waals surface area contributed by atoms with Gasteiger partial charge in [-0.1, -0.05) is 42.1 Å². The van der Waals surface area contributed by atoms with Crippen LogP contribution in [0.4, 0.5) is 0 Å². The number of benzene rings is 2. The van der Waals surface area contributed by atoms with Crippen LogP contribution in [-0.4, -0.2) is 22.8 Å². The molecule has 0 saturated heterocycles. The molecule has 23 heavy (non-hydrogen) atoms. The first-order chi connectivity index (χ1) is 11.3. The lowest BCUT2D eigenvalue weighted by Crippen LogP contribution is -2.20. The molecule has 1 heterocycles. The van der Waals surface area contributed by atoms with E-state index in [1.807, 2.05) is 61.5 Å². The third kappa shape index (κ3) is 3.93. The van der Waals surface area contributed by atoms with Crippen molar-refractivity contribution in [3.8, 4) is 5.75 Å². The summed E-state index contributed by atoms with van der Waals surface area (Å²) >= 11 is 1.59. The molecule has 0 bridgehead atoms. The van der Waals surface area contributed by atoms with E-state index in [4.69, 9.17) is 4.74 Å². The number of carbonyl (C=O) groups excluding carboxylic acids is 1. The number of thioether (sulfide) groups is 1. The van der Waals surface area contributed by atoms with Crippen molar-refractivity contribution in [2.75, 3.05) is 6.61 Å². The number of Topliss-reactive ketones (excluding diaryl/α,β-unsaturated/α-hetero) is 1. The minimum Gasteiger partial charge on any atom is -0.494 e. The van der Waals surface area contributed by atoms with E-state index in [1.165, 1.54) is 0 Å². The highest BCUT2D eigenvalue weighted by Gasteiger charge is 2.23. The molecule has 1 unspecified atom stereocenters. The minimum absolute atomic E-state index is 0.0238. The smallest absolute Gasteiger partial charge is 0.165 e. The second-order valence-electron chi connectivity index (χ2n) is 5.10. The molecule has 4 nitrogen and oxygen atoms in total. The summed E-state index contributed by atoms with van der Waals surface area (Å²) in [5.74, 6) is 0.884. The third-order valence-electron chi connectivity index (χ3n) is 3.44. The molecule has 0 aliphatic carbocycles. The summed E-state index contributed by atoms with van der Waals surface area (Å²) in [5.41, 5.74) is 4.81. The maximum absolute atomic E-state index is 12.4. The summed E-state index contributed by atoms with van der Waals surface area (Å²) in [7, 11) is 0. The molecular formula is C18H18N2O2S. The van der Waals surface area contributed by atoms with Gasteiger partial charge in [-0.15, -0.1) is 0 Å². The Kier molecular flexibility index (Phi) is 4.98. The second-order valence-corrected chi connectivity index (χ2v) is 6.29. The first-order valence-electron chi connectivity index (χ1n) is 7.57. The maximum atomic E-state index is 12.4. The van der Waals surface area contributed by atoms with Crippen LogP contribution in [0.2, 0.25) is 0 Å². The van der Waals surface area contributed by atoms with Crippen molar-refractivity contribution >= 4 is 22.6 Å². The highest BCUT2D eigenvalue weighted by atomic mass is 32.2. The number of ether oxygens (including phenoxy) is 1. The standard InChI is InChI=1S/C18H18N2O2S/c1-2-22-15-10-8-13(9-11-15)16(21)12-17-19-20-18(23-17)14-6-4-3-5-7-14/h3-11,17,19H,2,12H2,1H3. The average molecular weight is 326 g/mol. The van der Waals surface area contributed by atoms with Gasteiger partial charge in [-0.05, 0) is 31.2 Å². The van der Waals surface area contributed by atoms with Gasteiger partial charge in [0, 0.05) is 17.5 Å². The summed E-state index contributed by atoms with van der Waals surface area (Å²) < 4.78 is 5.39. The number of ketones is 1. The van der Waals surface area contributed by atoms with Crippen molar-refractivity contribution in [1.29, 1.82) is 0 Å². The summed E-state index contributed by atoms with van der Waals surface area (Å²) in [6.07, 6.45) is 0.401. The Morgan fingerprint density at radius 1 is 1.17 bits per heavy atom. The van der Waals surface area contributed by atoms with Gasteiger partial charge < -0.3 is 4.74 Å². The van der Waals surface area contributed by atoms with Gasteiger partial charge in [-0.25, -0.2) is 0 Å². The van der Waals surface area contributed by atoms with Gasteiger partial charge in [-0.2, -0.15) is 5.10 Å². The Hall–Kier alpha value is -2.27. The molecule has 3 rings (SSSR count). The first-order valence-corrected chi connectivity index (χ1v) is 8.45. The Morgan fingerprint density at radius 2 is 1.91 bits per heavy atom. The van der Waals surface area contributed by atoms with Crippen LogP contribution in [0, 0.1) is 0 Å². The molecule has 2 aromatic carbocycles. The predicted molar refractivity (Wildman–Crippen MR) is 94.1 cm³/mol. The molecule has 1 aliphatic heterocycles. The molecule has 2 aromatic rings. The van der Waals surface area contributed by atoms with E-state index in [2.05, 4.69) is 10.5 Å². The van der Waals surface area contributed by atoms with Crippen LogP contribution in [-0.2, 0) is 0 Å². The number of hydrogen-bond donors (Lipinski definition) is 1. The molecule has 1 atom stereocenters. The van der Waals surface area contributed by atoms with Gasteiger partial charge in [-0.3, -0.25) is 10.2 Å². The third-order valence-corrected chi connectivity index (χ3v) is 4.55. The highest BCUT2D eigenvalue weighted by molar-refractivity contribution is 8.15. The van der Waals surface area contributed by atoms with Gasteiger partial charge in [0.1, 0.15) is 16.2 Å². The summed E-state index contributed by atoms with van der Waals surface area (Å²) in [6.45, 7) is 2.56. The lowest BCUT2D eigenvalue weighted by Gasteiger charge is -2.09. The zero-order valence-corrected chi connectivity index (χ0v) is 13.7. The highest BCUT2D eigenvalue weighted by Crippen LogP contribution is 2.26. The van der Waals surface area contributed by atoms with Crippen LogP contribution in [0.1, 0.15) is 29.3 Å². The molecule has 0 aromatic heterocycles. The fraction of sp³-hybridized carbons (Fsp3) is 0.222. The van der Waals surface area contributed by atoms with Crippen molar-refractivity contribution in [3.05, 3.63) is 65.7 Å². The van der Waals surface area contributed by atoms with E-state index in [1.54, 1.807) is 11.8 Å². The van der Waals surface area contributed by atoms with Gasteiger partial charge >= 0.3 is 0 Å². The normalized spacial score (nSPS) is 16.6. The average Bonchev–Trinajstić information content (AvgIpc) is 3.05. The van der Waals surface area contributed by atoms with E-state index in [0.717, 1.165) is 16.4 Å². The zero-order valence-electron chi connectivity index (χ0n) is 12.9. The van der Waals surface area contributed by atoms with Crippen molar-refractivity contribution in [1.82, 2.24) is 5.43 Å². The van der Waals surface area contributed by atoms with E-state index < -0.39 is 0 Å². The molecule has 1 aliphatic rings. The van der Waals surface area contributed by atoms with Gasteiger partial charge in [0.2, 0.25) is 0 Å². The number of rotatable bonds is 6. The molecule has 0 radical (unpaired) electrons. The number of carbonyl (C=O) groups is 1. The van der Waals surface area contributed by atoms with E-state index in [9.17, 15) is 4.79 Å². The minimum atomic E-state index is -0.0238. The summed E-state index contributed by atoms with van der Waals surface area (Å²) in [6, 6.07) is 17.3. The fourth-order valence-corrected chi connectivity index (χ4v) is 3.30. The molecule has 0 saturated carbocycles. The van der Waals surface area contributed by atoms with Crippen LogP contribution >= 0.6 is 11.8 Å². The van der Waals surface area contributed by atoms with E-state index >= 15 is 0 Å². The van der Waals surface area contributed by atoms with Crippen LogP contribution in [0.15, 0.2) is 59.7 Å². The van der Waals surface area contributed by atoms with Gasteiger partial charge in [0.05, 0.1) is 6.61 Å². The number of nitrogens with zero attached hydrogens (tertiary/aromatic N) is 1.